The fraction of sp³-hybridized carbons (Fsp3) is 0.217. The normalized spacial score (nSPS) is 20.8. The Morgan fingerprint density at radius 3 is 2.79 bits per heavy atom. The molecule has 2 aromatic carbocycles. The molecule has 0 unspecified atom stereocenters. The largest absolute Gasteiger partial charge is 0.508 e. The van der Waals surface area contributed by atoms with Crippen molar-refractivity contribution in [1.82, 2.24) is 5.16 Å². The fourth-order valence-corrected chi connectivity index (χ4v) is 4.96. The van der Waals surface area contributed by atoms with Gasteiger partial charge >= 0.3 is 0 Å². The van der Waals surface area contributed by atoms with Gasteiger partial charge in [0.25, 0.3) is 0 Å². The second kappa shape index (κ2) is 6.88. The van der Waals surface area contributed by atoms with Crippen molar-refractivity contribution in [3.05, 3.63) is 86.7 Å². The number of allylic oxidation sites excluding steroid dienone is 2. The Labute approximate surface area is 176 Å². The van der Waals surface area contributed by atoms with E-state index in [-0.39, 0.29) is 23.4 Å². The third-order valence-corrected chi connectivity index (χ3v) is 6.31. The van der Waals surface area contributed by atoms with Gasteiger partial charge in [0.1, 0.15) is 5.75 Å². The van der Waals surface area contributed by atoms with E-state index in [0.29, 0.717) is 18.7 Å². The molecule has 2 aliphatic rings. The molecule has 2 atom stereocenters. The number of nitrogens with one attached hydrogen (secondary N) is 1. The lowest BCUT2D eigenvalue weighted by Gasteiger charge is -2.34. The van der Waals surface area contributed by atoms with Crippen molar-refractivity contribution in [2.45, 2.75) is 31.6 Å². The Balaban J connectivity index is 1.64. The summed E-state index contributed by atoms with van der Waals surface area (Å²) in [5.41, 5.74) is 5.13. The number of anilines is 1. The van der Waals surface area contributed by atoms with Gasteiger partial charge in [-0.2, -0.15) is 0 Å². The van der Waals surface area contributed by atoms with Crippen molar-refractivity contribution in [3.63, 3.8) is 0 Å². The maximum atomic E-state index is 13.4. The molecule has 0 fully saturated rings. The predicted octanol–water partition coefficient (Wildman–Crippen LogP) is 5.41. The van der Waals surface area contributed by atoms with E-state index in [0.717, 1.165) is 38.1 Å². The van der Waals surface area contributed by atoms with Crippen molar-refractivity contribution in [3.8, 4) is 5.75 Å². The van der Waals surface area contributed by atoms with Crippen LogP contribution in [-0.4, -0.2) is 16.0 Å². The molecule has 5 nitrogen and oxygen atoms in total. The van der Waals surface area contributed by atoms with Gasteiger partial charge in [-0.25, -0.2) is 0 Å². The van der Waals surface area contributed by atoms with Gasteiger partial charge in [0.2, 0.25) is 5.88 Å². The van der Waals surface area contributed by atoms with E-state index in [1.54, 1.807) is 12.1 Å². The molecule has 0 saturated carbocycles. The zero-order chi connectivity index (χ0) is 20.1. The van der Waals surface area contributed by atoms with Gasteiger partial charge in [-0.1, -0.05) is 51.4 Å². The van der Waals surface area contributed by atoms with Crippen LogP contribution in [-0.2, 0) is 4.79 Å². The molecule has 29 heavy (non-hydrogen) atoms. The van der Waals surface area contributed by atoms with Crippen molar-refractivity contribution in [1.29, 1.82) is 0 Å². The van der Waals surface area contributed by atoms with Gasteiger partial charge in [0, 0.05) is 34.0 Å². The van der Waals surface area contributed by atoms with Crippen LogP contribution >= 0.6 is 15.9 Å². The summed E-state index contributed by atoms with van der Waals surface area (Å²) < 4.78 is 6.51. The number of carbonyl (C=O) groups is 1. The molecule has 0 radical (unpaired) electrons. The summed E-state index contributed by atoms with van der Waals surface area (Å²) in [5.74, 6) is 0.608. The first-order chi connectivity index (χ1) is 14.0. The summed E-state index contributed by atoms with van der Waals surface area (Å²) in [6.07, 6.45) is 0.991. The highest BCUT2D eigenvalue weighted by molar-refractivity contribution is 9.10. The Morgan fingerprint density at radius 1 is 1.17 bits per heavy atom. The Morgan fingerprint density at radius 2 is 2.00 bits per heavy atom. The number of phenols is 1. The lowest BCUT2D eigenvalue weighted by Crippen LogP contribution is -2.29. The molecule has 6 heteroatoms. The molecule has 3 aromatic rings. The zero-order valence-electron chi connectivity index (χ0n) is 15.8. The lowest BCUT2D eigenvalue weighted by molar-refractivity contribution is -0.116. The van der Waals surface area contributed by atoms with Crippen LogP contribution in [0.3, 0.4) is 0 Å². The molecule has 1 aliphatic carbocycles. The van der Waals surface area contributed by atoms with Crippen LogP contribution in [0.1, 0.15) is 47.1 Å². The molecule has 1 aliphatic heterocycles. The third-order valence-electron chi connectivity index (χ3n) is 5.82. The van der Waals surface area contributed by atoms with Crippen molar-refractivity contribution in [2.24, 2.45) is 0 Å². The van der Waals surface area contributed by atoms with Crippen molar-refractivity contribution >= 4 is 27.6 Å². The average molecular weight is 451 g/mol. The quantitative estimate of drug-likeness (QED) is 0.545. The fourth-order valence-electron chi connectivity index (χ4n) is 4.54. The van der Waals surface area contributed by atoms with E-state index < -0.39 is 0 Å². The van der Waals surface area contributed by atoms with Gasteiger partial charge in [-0.05, 0) is 42.7 Å². The number of aromatic hydroxyl groups is 1. The van der Waals surface area contributed by atoms with Crippen LogP contribution in [0.5, 0.6) is 5.75 Å². The number of phenolic OH excluding ortho intramolecular Hbond substituents is 1. The Hall–Kier alpha value is -2.86. The minimum absolute atomic E-state index is 0.0799. The van der Waals surface area contributed by atoms with Crippen LogP contribution in [0.2, 0.25) is 0 Å². The summed E-state index contributed by atoms with van der Waals surface area (Å²) in [5, 5.41) is 17.7. The first-order valence-corrected chi connectivity index (χ1v) is 10.3. The number of fused-ring (bicyclic) bond motifs is 1. The molecular weight excluding hydrogens is 432 g/mol. The van der Waals surface area contributed by atoms with E-state index in [9.17, 15) is 9.90 Å². The molecular formula is C23H19BrN2O3. The molecule has 146 valence electrons. The van der Waals surface area contributed by atoms with E-state index in [2.05, 4.69) is 26.4 Å². The molecule has 0 spiro atoms. The van der Waals surface area contributed by atoms with Crippen molar-refractivity contribution in [2.75, 3.05) is 5.32 Å². The van der Waals surface area contributed by atoms with E-state index in [1.165, 1.54) is 0 Å². The van der Waals surface area contributed by atoms with Crippen molar-refractivity contribution < 1.29 is 14.4 Å². The molecule has 0 bridgehead atoms. The summed E-state index contributed by atoms with van der Waals surface area (Å²) >= 11 is 3.55. The highest BCUT2D eigenvalue weighted by atomic mass is 79.9. The highest BCUT2D eigenvalue weighted by Crippen LogP contribution is 2.49. The maximum Gasteiger partial charge on any atom is 0.233 e. The van der Waals surface area contributed by atoms with Gasteiger partial charge in [-0.3, -0.25) is 4.79 Å². The zero-order valence-corrected chi connectivity index (χ0v) is 17.4. The minimum Gasteiger partial charge on any atom is -0.508 e. The summed E-state index contributed by atoms with van der Waals surface area (Å²) in [7, 11) is 0. The Bertz CT molecular complexity index is 1160. The standard InChI is InChI=1S/C23H19BrN2O3/c1-12-20-21(13-5-4-6-15(24)9-13)22-17(25-23(20)29-26-12)10-14(11-19(22)28)16-7-2-3-8-18(16)27/h2-9,14,21,25,27H,10-11H2,1H3/t14-,21-/m0/s1. The molecule has 0 saturated heterocycles. The summed E-state index contributed by atoms with van der Waals surface area (Å²) in [6.45, 7) is 1.90. The number of aromatic nitrogens is 1. The first-order valence-electron chi connectivity index (χ1n) is 9.55. The van der Waals surface area contributed by atoms with E-state index >= 15 is 0 Å². The molecule has 2 N–H and O–H groups in total. The molecule has 1 aromatic heterocycles. The highest BCUT2D eigenvalue weighted by Gasteiger charge is 2.41. The minimum atomic E-state index is -0.220. The number of rotatable bonds is 2. The molecule has 2 heterocycles. The third kappa shape index (κ3) is 2.99. The predicted molar refractivity (Wildman–Crippen MR) is 113 cm³/mol. The average Bonchev–Trinajstić information content (AvgIpc) is 3.07. The second-order valence-corrected chi connectivity index (χ2v) is 8.52. The number of ketones is 1. The van der Waals surface area contributed by atoms with Crippen LogP contribution in [0.15, 0.2) is 68.8 Å². The number of nitrogens with zero attached hydrogens (tertiary/aromatic N) is 1. The SMILES string of the molecule is Cc1noc2c1[C@H](c1cccc(Br)c1)C1=C(C[C@H](c3ccccc3O)CC1=O)N2. The molecule has 5 rings (SSSR count). The van der Waals surface area contributed by atoms with Crippen LogP contribution in [0.25, 0.3) is 0 Å². The van der Waals surface area contributed by atoms with Crippen LogP contribution < -0.4 is 5.32 Å². The lowest BCUT2D eigenvalue weighted by atomic mass is 9.72. The number of Topliss-reactive ketones (excluding diaryl/α,β-unsaturated/α-hetero) is 1. The maximum absolute atomic E-state index is 13.4. The summed E-state index contributed by atoms with van der Waals surface area (Å²) in [4.78, 5) is 13.4. The Kier molecular flexibility index (Phi) is 4.32. The van der Waals surface area contributed by atoms with E-state index in [4.69, 9.17) is 4.52 Å². The number of para-hydroxylation sites is 1. The first kappa shape index (κ1) is 18.2. The number of hydrogen-bond acceptors (Lipinski definition) is 5. The van der Waals surface area contributed by atoms with Crippen LogP contribution in [0.4, 0.5) is 5.88 Å². The second-order valence-electron chi connectivity index (χ2n) is 7.60. The number of benzene rings is 2. The smallest absolute Gasteiger partial charge is 0.233 e. The van der Waals surface area contributed by atoms with E-state index in [1.807, 2.05) is 43.3 Å². The van der Waals surface area contributed by atoms with Gasteiger partial charge < -0.3 is 14.9 Å². The van der Waals surface area contributed by atoms with Gasteiger partial charge in [-0.15, -0.1) is 0 Å². The van der Waals surface area contributed by atoms with Gasteiger partial charge in [0.05, 0.1) is 11.3 Å². The summed E-state index contributed by atoms with van der Waals surface area (Å²) in [6, 6.07) is 15.3. The monoisotopic (exact) mass is 450 g/mol. The topological polar surface area (TPSA) is 75.4 Å². The van der Waals surface area contributed by atoms with Gasteiger partial charge in [0.15, 0.2) is 5.78 Å². The number of carbonyl (C=O) groups excluding carboxylic acids is 1. The number of halogens is 1. The van der Waals surface area contributed by atoms with Crippen LogP contribution in [0, 0.1) is 6.92 Å². The molecule has 0 amide bonds. The number of hydrogen-bond donors (Lipinski definition) is 2. The number of aryl methyl sites for hydroxylation is 1.